The van der Waals surface area contributed by atoms with Gasteiger partial charge in [0.25, 0.3) is 0 Å². The second kappa shape index (κ2) is 6.27. The van der Waals surface area contributed by atoms with Crippen LogP contribution in [0, 0.1) is 5.92 Å². The van der Waals surface area contributed by atoms with E-state index in [-0.39, 0.29) is 0 Å². The molecule has 0 spiro atoms. The smallest absolute Gasteiger partial charge is 0.0595 e. The first kappa shape index (κ1) is 14.2. The number of halogens is 2. The fraction of sp³-hybridized carbons (Fsp3) is 0.600. The predicted molar refractivity (Wildman–Crippen MR) is 79.4 cm³/mol. The number of nitrogens with one attached hydrogen (secondary N) is 1. The summed E-state index contributed by atoms with van der Waals surface area (Å²) >= 11 is 12.1. The minimum absolute atomic E-state index is 0.384. The van der Waals surface area contributed by atoms with Gasteiger partial charge in [0, 0.05) is 12.1 Å². The Bertz CT molecular complexity index is 405. The van der Waals surface area contributed by atoms with Crippen LogP contribution in [-0.2, 0) is 0 Å². The topological polar surface area (TPSA) is 12.0 Å². The Morgan fingerprint density at radius 2 is 2.06 bits per heavy atom. The number of rotatable bonds is 4. The molecule has 1 N–H and O–H groups in total. The van der Waals surface area contributed by atoms with Crippen molar-refractivity contribution in [1.82, 2.24) is 5.32 Å². The van der Waals surface area contributed by atoms with Crippen molar-refractivity contribution in [3.05, 3.63) is 33.8 Å². The van der Waals surface area contributed by atoms with E-state index in [0.717, 1.165) is 12.3 Å². The van der Waals surface area contributed by atoms with E-state index in [1.807, 2.05) is 12.1 Å². The van der Waals surface area contributed by atoms with Crippen LogP contribution in [0.3, 0.4) is 0 Å². The highest BCUT2D eigenvalue weighted by molar-refractivity contribution is 6.42. The third-order valence-electron chi connectivity index (χ3n) is 3.89. The summed E-state index contributed by atoms with van der Waals surface area (Å²) in [6.07, 6.45) is 5.00. The van der Waals surface area contributed by atoms with Crippen LogP contribution in [0.15, 0.2) is 18.2 Å². The zero-order valence-electron chi connectivity index (χ0n) is 11.0. The molecule has 3 heteroatoms. The molecule has 100 valence electrons. The number of hydrogen-bond acceptors (Lipinski definition) is 1. The van der Waals surface area contributed by atoms with Gasteiger partial charge in [0.1, 0.15) is 0 Å². The van der Waals surface area contributed by atoms with Crippen molar-refractivity contribution >= 4 is 23.2 Å². The molecule has 0 saturated heterocycles. The van der Waals surface area contributed by atoms with E-state index < -0.39 is 0 Å². The fourth-order valence-electron chi connectivity index (χ4n) is 2.82. The highest BCUT2D eigenvalue weighted by atomic mass is 35.5. The molecule has 1 aliphatic carbocycles. The molecule has 1 fully saturated rings. The molecular formula is C15H21Cl2N. The minimum atomic E-state index is 0.384. The van der Waals surface area contributed by atoms with Crippen LogP contribution in [0.25, 0.3) is 0 Å². The van der Waals surface area contributed by atoms with Crippen molar-refractivity contribution in [3.8, 4) is 0 Å². The molecule has 0 aliphatic heterocycles. The van der Waals surface area contributed by atoms with E-state index in [1.165, 1.54) is 24.8 Å². The van der Waals surface area contributed by atoms with Crippen LogP contribution >= 0.6 is 23.2 Å². The van der Waals surface area contributed by atoms with Crippen LogP contribution in [0.4, 0.5) is 0 Å². The first-order valence-electron chi connectivity index (χ1n) is 6.81. The summed E-state index contributed by atoms with van der Waals surface area (Å²) in [5, 5.41) is 5.03. The molecule has 0 amide bonds. The molecule has 2 rings (SSSR count). The molecule has 3 atom stereocenters. The SMILES string of the molecule is CCC(NC1CCC(C)C1)c1ccc(Cl)c(Cl)c1. The van der Waals surface area contributed by atoms with Gasteiger partial charge in [-0.15, -0.1) is 0 Å². The number of hydrogen-bond donors (Lipinski definition) is 1. The molecule has 0 heterocycles. The largest absolute Gasteiger partial charge is 0.307 e. The average Bonchev–Trinajstić information content (AvgIpc) is 2.75. The van der Waals surface area contributed by atoms with Crippen molar-refractivity contribution in [1.29, 1.82) is 0 Å². The van der Waals surface area contributed by atoms with Crippen LogP contribution in [-0.4, -0.2) is 6.04 Å². The minimum Gasteiger partial charge on any atom is -0.307 e. The molecule has 1 aromatic carbocycles. The van der Waals surface area contributed by atoms with Gasteiger partial charge in [0.15, 0.2) is 0 Å². The molecular weight excluding hydrogens is 265 g/mol. The second-order valence-corrected chi connectivity index (χ2v) is 6.23. The second-order valence-electron chi connectivity index (χ2n) is 5.42. The van der Waals surface area contributed by atoms with Gasteiger partial charge in [-0.2, -0.15) is 0 Å². The van der Waals surface area contributed by atoms with Crippen molar-refractivity contribution in [3.63, 3.8) is 0 Å². The Labute approximate surface area is 120 Å². The maximum atomic E-state index is 6.09. The highest BCUT2D eigenvalue weighted by Gasteiger charge is 2.23. The molecule has 1 nitrogen and oxygen atoms in total. The van der Waals surface area contributed by atoms with Gasteiger partial charge in [0.2, 0.25) is 0 Å². The summed E-state index contributed by atoms with van der Waals surface area (Å²) in [5.74, 6) is 0.855. The van der Waals surface area contributed by atoms with Crippen molar-refractivity contribution in [2.75, 3.05) is 0 Å². The van der Waals surface area contributed by atoms with Crippen molar-refractivity contribution < 1.29 is 0 Å². The zero-order chi connectivity index (χ0) is 13.1. The third-order valence-corrected chi connectivity index (χ3v) is 4.63. The van der Waals surface area contributed by atoms with Crippen molar-refractivity contribution in [2.45, 2.75) is 51.6 Å². The molecule has 1 saturated carbocycles. The monoisotopic (exact) mass is 285 g/mol. The van der Waals surface area contributed by atoms with Crippen LogP contribution in [0.2, 0.25) is 10.0 Å². The van der Waals surface area contributed by atoms with Crippen molar-refractivity contribution in [2.24, 2.45) is 5.92 Å². The normalized spacial score (nSPS) is 25.3. The lowest BCUT2D eigenvalue weighted by molar-refractivity contribution is 0.421. The Hall–Kier alpha value is -0.240. The Balaban J connectivity index is 2.05. The zero-order valence-corrected chi connectivity index (χ0v) is 12.6. The lowest BCUT2D eigenvalue weighted by atomic mass is 10.0. The first-order valence-corrected chi connectivity index (χ1v) is 7.56. The van der Waals surface area contributed by atoms with E-state index >= 15 is 0 Å². The van der Waals surface area contributed by atoms with Gasteiger partial charge in [-0.05, 0) is 49.3 Å². The number of benzene rings is 1. The van der Waals surface area contributed by atoms with E-state index in [0.29, 0.717) is 22.1 Å². The van der Waals surface area contributed by atoms with Crippen LogP contribution in [0.5, 0.6) is 0 Å². The molecule has 3 unspecified atom stereocenters. The summed E-state index contributed by atoms with van der Waals surface area (Å²) in [6.45, 7) is 4.54. The van der Waals surface area contributed by atoms with Crippen LogP contribution < -0.4 is 5.32 Å². The predicted octanol–water partition coefficient (Wildman–Crippen LogP) is 5.22. The molecule has 0 radical (unpaired) electrons. The highest BCUT2D eigenvalue weighted by Crippen LogP contribution is 2.30. The molecule has 18 heavy (non-hydrogen) atoms. The summed E-state index contributed by atoms with van der Waals surface area (Å²) in [4.78, 5) is 0. The van der Waals surface area contributed by atoms with Gasteiger partial charge < -0.3 is 5.32 Å². The lowest BCUT2D eigenvalue weighted by Crippen LogP contribution is -2.30. The van der Waals surface area contributed by atoms with Crippen LogP contribution in [0.1, 0.15) is 51.1 Å². The Morgan fingerprint density at radius 1 is 1.28 bits per heavy atom. The Morgan fingerprint density at radius 3 is 2.61 bits per heavy atom. The van der Waals surface area contributed by atoms with E-state index in [1.54, 1.807) is 0 Å². The summed E-state index contributed by atoms with van der Waals surface area (Å²) in [5.41, 5.74) is 1.24. The fourth-order valence-corrected chi connectivity index (χ4v) is 3.13. The third kappa shape index (κ3) is 3.40. The summed E-state index contributed by atoms with van der Waals surface area (Å²) in [6, 6.07) is 6.99. The van der Waals surface area contributed by atoms with Gasteiger partial charge in [-0.1, -0.05) is 43.1 Å². The maximum Gasteiger partial charge on any atom is 0.0595 e. The molecule has 1 aliphatic rings. The van der Waals surface area contributed by atoms with E-state index in [2.05, 4.69) is 25.2 Å². The first-order chi connectivity index (χ1) is 8.60. The summed E-state index contributed by atoms with van der Waals surface area (Å²) < 4.78 is 0. The maximum absolute atomic E-state index is 6.09. The van der Waals surface area contributed by atoms with E-state index in [4.69, 9.17) is 23.2 Å². The standard InChI is InChI=1S/C15H21Cl2N/c1-3-15(18-12-6-4-10(2)8-12)11-5-7-13(16)14(17)9-11/h5,7,9-10,12,15,18H,3-4,6,8H2,1-2H3. The lowest BCUT2D eigenvalue weighted by Gasteiger charge is -2.22. The average molecular weight is 286 g/mol. The van der Waals surface area contributed by atoms with E-state index in [9.17, 15) is 0 Å². The van der Waals surface area contributed by atoms with Gasteiger partial charge in [0.05, 0.1) is 10.0 Å². The molecule has 0 bridgehead atoms. The molecule has 0 aromatic heterocycles. The Kier molecular flexibility index (Phi) is 4.94. The summed E-state index contributed by atoms with van der Waals surface area (Å²) in [7, 11) is 0. The van der Waals surface area contributed by atoms with Gasteiger partial charge in [-0.3, -0.25) is 0 Å². The molecule has 1 aromatic rings. The quantitative estimate of drug-likeness (QED) is 0.799. The van der Waals surface area contributed by atoms with Gasteiger partial charge >= 0.3 is 0 Å². The van der Waals surface area contributed by atoms with Gasteiger partial charge in [-0.25, -0.2) is 0 Å².